The van der Waals surface area contributed by atoms with Crippen molar-refractivity contribution >= 4 is 35.1 Å². The molecule has 3 N–H and O–H groups in total. The maximum Gasteiger partial charge on any atom is 0.305 e. The summed E-state index contributed by atoms with van der Waals surface area (Å²) in [6.45, 7) is 5.09. The molecule has 0 radical (unpaired) electrons. The van der Waals surface area contributed by atoms with Crippen LogP contribution in [0.3, 0.4) is 0 Å². The van der Waals surface area contributed by atoms with Gasteiger partial charge in [-0.2, -0.15) is 9.78 Å². The highest BCUT2D eigenvalue weighted by Gasteiger charge is 2.29. The number of benzene rings is 2. The van der Waals surface area contributed by atoms with Crippen molar-refractivity contribution in [3.8, 4) is 11.6 Å². The highest BCUT2D eigenvalue weighted by Crippen LogP contribution is 2.32. The number of ether oxygens (including phenoxy) is 1. The van der Waals surface area contributed by atoms with Crippen molar-refractivity contribution in [2.45, 2.75) is 38.8 Å². The van der Waals surface area contributed by atoms with Gasteiger partial charge in [0.05, 0.1) is 28.1 Å². The number of amides is 1. The molecule has 8 nitrogen and oxygen atoms in total. The predicted octanol–water partition coefficient (Wildman–Crippen LogP) is 5.05. The van der Waals surface area contributed by atoms with Gasteiger partial charge in [-0.3, -0.25) is 9.59 Å². The number of aromatic nitrogens is 2. The van der Waals surface area contributed by atoms with Gasteiger partial charge in [0.1, 0.15) is 18.1 Å². The lowest BCUT2D eigenvalue weighted by Crippen LogP contribution is -2.38. The number of para-hydroxylation sites is 1. The van der Waals surface area contributed by atoms with Crippen molar-refractivity contribution in [1.29, 1.82) is 0 Å². The van der Waals surface area contributed by atoms with Crippen LogP contribution in [0.2, 0.25) is 10.0 Å². The summed E-state index contributed by atoms with van der Waals surface area (Å²) in [5.74, 6) is -2.66. The van der Waals surface area contributed by atoms with Gasteiger partial charge in [-0.05, 0) is 36.6 Å². The molecule has 0 aliphatic carbocycles. The Kier molecular flexibility index (Phi) is 8.60. The summed E-state index contributed by atoms with van der Waals surface area (Å²) in [5, 5.41) is 27.1. The number of aliphatic hydroxyl groups is 1. The van der Waals surface area contributed by atoms with Crippen LogP contribution in [-0.2, 0) is 4.79 Å². The average Bonchev–Trinajstić information content (AvgIpc) is 3.23. The van der Waals surface area contributed by atoms with Gasteiger partial charge in [0.2, 0.25) is 5.88 Å². The Morgan fingerprint density at radius 3 is 2.53 bits per heavy atom. The Hall–Kier alpha value is -3.14. The number of nitrogens with zero attached hydrogens (tertiary/aromatic N) is 2. The fourth-order valence-corrected chi connectivity index (χ4v) is 3.64. The number of carbonyl (C=O) groups excluding carboxylic acids is 1. The number of carboxylic acid groups (broad SMARTS) is 1. The van der Waals surface area contributed by atoms with Crippen LogP contribution in [0.25, 0.3) is 5.69 Å². The van der Waals surface area contributed by atoms with E-state index >= 15 is 0 Å². The SMILES string of the molecule is CC(C)[C@](C)(O)COc1cc(C(=O)N[C@@H](CC(=O)O)c2cccc(Cl)c2Cl)nn1-c1ccccc1F. The molecule has 0 fully saturated rings. The molecule has 0 spiro atoms. The Morgan fingerprint density at radius 2 is 1.89 bits per heavy atom. The molecule has 0 unspecified atom stereocenters. The van der Waals surface area contributed by atoms with E-state index in [4.69, 9.17) is 27.9 Å². The summed E-state index contributed by atoms with van der Waals surface area (Å²) in [6.07, 6.45) is -0.472. The third-order valence-corrected chi connectivity index (χ3v) is 6.62. The first-order valence-electron chi connectivity index (χ1n) is 11.1. The van der Waals surface area contributed by atoms with E-state index < -0.39 is 35.8 Å². The molecule has 0 aliphatic heterocycles. The highest BCUT2D eigenvalue weighted by molar-refractivity contribution is 6.42. The molecule has 36 heavy (non-hydrogen) atoms. The van der Waals surface area contributed by atoms with E-state index in [0.29, 0.717) is 5.56 Å². The number of rotatable bonds is 10. The zero-order chi connectivity index (χ0) is 26.6. The molecule has 3 aromatic rings. The van der Waals surface area contributed by atoms with Gasteiger partial charge >= 0.3 is 5.97 Å². The van der Waals surface area contributed by atoms with Gasteiger partial charge in [0, 0.05) is 6.07 Å². The molecule has 0 bridgehead atoms. The van der Waals surface area contributed by atoms with Crippen molar-refractivity contribution in [2.24, 2.45) is 5.92 Å². The first-order valence-corrected chi connectivity index (χ1v) is 11.8. The molecule has 0 saturated carbocycles. The number of carboxylic acids is 1. The van der Waals surface area contributed by atoms with E-state index in [1.807, 2.05) is 13.8 Å². The molecule has 192 valence electrons. The lowest BCUT2D eigenvalue weighted by Gasteiger charge is -2.27. The molecular weight excluding hydrogens is 512 g/mol. The van der Waals surface area contributed by atoms with Crippen molar-refractivity contribution in [1.82, 2.24) is 15.1 Å². The maximum atomic E-state index is 14.6. The Morgan fingerprint density at radius 1 is 1.19 bits per heavy atom. The monoisotopic (exact) mass is 537 g/mol. The summed E-state index contributed by atoms with van der Waals surface area (Å²) in [4.78, 5) is 24.6. The van der Waals surface area contributed by atoms with E-state index in [0.717, 1.165) is 4.68 Å². The quantitative estimate of drug-likeness (QED) is 0.333. The Bertz CT molecular complexity index is 1260. The van der Waals surface area contributed by atoms with E-state index in [-0.39, 0.29) is 39.8 Å². The number of aliphatic carboxylic acids is 1. The summed E-state index contributed by atoms with van der Waals surface area (Å²) >= 11 is 12.3. The first kappa shape index (κ1) is 27.4. The van der Waals surface area contributed by atoms with Crippen LogP contribution in [0.5, 0.6) is 5.88 Å². The molecule has 0 saturated heterocycles. The minimum absolute atomic E-state index is 0.0155. The molecule has 1 heterocycles. The van der Waals surface area contributed by atoms with Gasteiger partial charge in [-0.15, -0.1) is 0 Å². The largest absolute Gasteiger partial charge is 0.481 e. The smallest absolute Gasteiger partial charge is 0.305 e. The molecule has 2 atom stereocenters. The van der Waals surface area contributed by atoms with E-state index in [1.54, 1.807) is 31.2 Å². The zero-order valence-corrected chi connectivity index (χ0v) is 21.3. The molecule has 2 aromatic carbocycles. The van der Waals surface area contributed by atoms with E-state index in [9.17, 15) is 24.2 Å². The molecule has 1 aromatic heterocycles. The number of hydrogen-bond donors (Lipinski definition) is 3. The maximum absolute atomic E-state index is 14.6. The topological polar surface area (TPSA) is 114 Å². The van der Waals surface area contributed by atoms with Gasteiger partial charge in [0.25, 0.3) is 5.91 Å². The molecular formula is C25H26Cl2FN3O5. The molecule has 1 amide bonds. The van der Waals surface area contributed by atoms with Crippen LogP contribution in [0.4, 0.5) is 4.39 Å². The summed E-state index contributed by atoms with van der Waals surface area (Å²) in [5.41, 5.74) is -1.03. The number of hydrogen-bond acceptors (Lipinski definition) is 5. The van der Waals surface area contributed by atoms with Crippen LogP contribution in [0, 0.1) is 11.7 Å². The van der Waals surface area contributed by atoms with Gasteiger partial charge in [0.15, 0.2) is 5.69 Å². The molecule has 3 rings (SSSR count). The van der Waals surface area contributed by atoms with Crippen LogP contribution < -0.4 is 10.1 Å². The van der Waals surface area contributed by atoms with Crippen molar-refractivity contribution in [3.63, 3.8) is 0 Å². The highest BCUT2D eigenvalue weighted by atomic mass is 35.5. The second kappa shape index (κ2) is 11.3. The van der Waals surface area contributed by atoms with Crippen molar-refractivity contribution in [2.75, 3.05) is 6.61 Å². The standard InChI is InChI=1S/C25H26Cl2FN3O5/c1-14(2)25(3,35)13-36-21-11-19(30-31(21)20-10-5-4-9-17(20)28)24(34)29-18(12-22(32)33)15-7-6-8-16(26)23(15)27/h4-11,14,18,35H,12-13H2,1-3H3,(H,29,34)(H,32,33)/t18-,25+/m0/s1. The second-order valence-electron chi connectivity index (χ2n) is 8.80. The Labute approximate surface area is 217 Å². The average molecular weight is 538 g/mol. The number of halogens is 3. The fourth-order valence-electron chi connectivity index (χ4n) is 3.20. The third-order valence-electron chi connectivity index (χ3n) is 5.79. The number of nitrogens with one attached hydrogen (secondary N) is 1. The number of carbonyl (C=O) groups is 2. The van der Waals surface area contributed by atoms with Gasteiger partial charge in [-0.1, -0.05) is 61.3 Å². The fraction of sp³-hybridized carbons (Fsp3) is 0.320. The lowest BCUT2D eigenvalue weighted by molar-refractivity contribution is -0.137. The molecule has 11 heteroatoms. The Balaban J connectivity index is 1.97. The van der Waals surface area contributed by atoms with Gasteiger partial charge in [-0.25, -0.2) is 4.39 Å². The second-order valence-corrected chi connectivity index (χ2v) is 9.58. The first-order chi connectivity index (χ1) is 16.9. The van der Waals surface area contributed by atoms with Crippen LogP contribution >= 0.6 is 23.2 Å². The minimum atomic E-state index is -1.21. The van der Waals surface area contributed by atoms with E-state index in [1.165, 1.54) is 24.3 Å². The normalized spacial score (nSPS) is 13.8. The summed E-state index contributed by atoms with van der Waals surface area (Å²) in [6, 6.07) is 10.7. The summed E-state index contributed by atoms with van der Waals surface area (Å²) in [7, 11) is 0. The predicted molar refractivity (Wildman–Crippen MR) is 133 cm³/mol. The van der Waals surface area contributed by atoms with Crippen LogP contribution in [0.1, 0.15) is 49.3 Å². The van der Waals surface area contributed by atoms with Crippen LogP contribution in [0.15, 0.2) is 48.5 Å². The minimum Gasteiger partial charge on any atom is -0.481 e. The van der Waals surface area contributed by atoms with Gasteiger partial charge < -0.3 is 20.3 Å². The third kappa shape index (κ3) is 6.34. The summed E-state index contributed by atoms with van der Waals surface area (Å²) < 4.78 is 21.4. The zero-order valence-electron chi connectivity index (χ0n) is 19.8. The van der Waals surface area contributed by atoms with Crippen molar-refractivity contribution in [3.05, 3.63) is 75.7 Å². The van der Waals surface area contributed by atoms with Crippen molar-refractivity contribution < 1.29 is 28.9 Å². The lowest BCUT2D eigenvalue weighted by atomic mass is 9.94. The van der Waals surface area contributed by atoms with E-state index in [2.05, 4.69) is 10.4 Å². The van der Waals surface area contributed by atoms with Crippen LogP contribution in [-0.4, -0.2) is 44.1 Å². The molecule has 0 aliphatic rings.